The number of terminal acetylenes is 1. The molecule has 174 valence electrons. The largest absolute Gasteiger partial charge is 0.496 e. The van der Waals surface area contributed by atoms with Crippen molar-refractivity contribution in [2.24, 2.45) is 16.6 Å². The molecule has 0 spiro atoms. The molecule has 0 amide bonds. The van der Waals surface area contributed by atoms with Gasteiger partial charge in [0.05, 0.1) is 17.8 Å². The smallest absolute Gasteiger partial charge is 0.147 e. The van der Waals surface area contributed by atoms with E-state index in [1.54, 1.807) is 20.1 Å². The lowest BCUT2D eigenvalue weighted by molar-refractivity contribution is 0.411. The molecular weight excluding hydrogens is 455 g/mol. The van der Waals surface area contributed by atoms with E-state index >= 15 is 0 Å². The molecule has 0 aromatic heterocycles. The second-order valence-corrected chi connectivity index (χ2v) is 12.9. The third kappa shape index (κ3) is 4.16. The van der Waals surface area contributed by atoms with Gasteiger partial charge in [-0.15, -0.1) is 16.5 Å². The Morgan fingerprint density at radius 1 is 1.24 bits per heavy atom. The number of methoxy groups -OCH3 is 1. The Balaban J connectivity index is 1.91. The van der Waals surface area contributed by atoms with Crippen molar-refractivity contribution in [3.05, 3.63) is 68.3 Å². The van der Waals surface area contributed by atoms with Crippen LogP contribution in [0.25, 0.3) is 5.70 Å². The summed E-state index contributed by atoms with van der Waals surface area (Å²) < 4.78 is 20.1. The van der Waals surface area contributed by atoms with Crippen LogP contribution >= 0.6 is 21.6 Å². The molecule has 2 aliphatic rings. The molecule has 1 heterocycles. The zero-order valence-electron chi connectivity index (χ0n) is 19.5. The number of nitrogens with two attached hydrogens (primary N) is 1. The van der Waals surface area contributed by atoms with Gasteiger partial charge in [0.2, 0.25) is 0 Å². The molecule has 1 unspecified atom stereocenters. The van der Waals surface area contributed by atoms with Crippen LogP contribution in [0.2, 0.25) is 5.02 Å². The predicted molar refractivity (Wildman–Crippen MR) is 139 cm³/mol. The molecule has 33 heavy (non-hydrogen) atoms. The maximum atomic E-state index is 14.7. The van der Waals surface area contributed by atoms with Gasteiger partial charge in [0.25, 0.3) is 0 Å². The van der Waals surface area contributed by atoms with Crippen molar-refractivity contribution in [3.8, 4) is 18.1 Å². The molecular formula is C27H30ClFN2OS. The first-order valence-corrected chi connectivity index (χ1v) is 13.4. The lowest BCUT2D eigenvalue weighted by atomic mass is 10.0. The summed E-state index contributed by atoms with van der Waals surface area (Å²) in [4.78, 5) is 5.95. The summed E-state index contributed by atoms with van der Waals surface area (Å²) in [5.74, 6) is 4.49. The van der Waals surface area contributed by atoms with E-state index in [2.05, 4.69) is 12.8 Å². The summed E-state index contributed by atoms with van der Waals surface area (Å²) >= 11 is 6.67. The first-order valence-electron chi connectivity index (χ1n) is 11.1. The number of hydrogen-bond donors (Lipinski definition) is 1. The minimum Gasteiger partial charge on any atom is -0.496 e. The number of nitrogens with zero attached hydrogens (tertiary/aromatic N) is 1. The molecule has 1 aliphatic heterocycles. The van der Waals surface area contributed by atoms with Gasteiger partial charge in [-0.3, -0.25) is 0 Å². The maximum Gasteiger partial charge on any atom is 0.147 e. The van der Waals surface area contributed by atoms with Crippen molar-refractivity contribution in [1.82, 2.24) is 0 Å². The highest BCUT2D eigenvalue weighted by atomic mass is 35.5. The maximum absolute atomic E-state index is 14.7. The highest BCUT2D eigenvalue weighted by Crippen LogP contribution is 2.72. The number of rotatable bonds is 7. The van der Waals surface area contributed by atoms with E-state index in [4.69, 9.17) is 33.5 Å². The van der Waals surface area contributed by atoms with Gasteiger partial charge in [0.1, 0.15) is 16.7 Å². The summed E-state index contributed by atoms with van der Waals surface area (Å²) in [6, 6.07) is 9.34. The Bertz CT molecular complexity index is 1210. The van der Waals surface area contributed by atoms with E-state index in [0.717, 1.165) is 39.5 Å². The highest BCUT2D eigenvalue weighted by Gasteiger charge is 2.46. The average Bonchev–Trinajstić information content (AvgIpc) is 3.57. The van der Waals surface area contributed by atoms with Crippen LogP contribution in [0.4, 0.5) is 4.39 Å². The van der Waals surface area contributed by atoms with E-state index < -0.39 is 10.0 Å². The van der Waals surface area contributed by atoms with Crippen molar-refractivity contribution < 1.29 is 9.13 Å². The van der Waals surface area contributed by atoms with Crippen LogP contribution in [-0.4, -0.2) is 18.0 Å². The topological polar surface area (TPSA) is 47.6 Å². The molecule has 2 aromatic rings. The quantitative estimate of drug-likeness (QED) is 0.426. The Hall–Kier alpha value is -2.42. The van der Waals surface area contributed by atoms with Gasteiger partial charge in [-0.1, -0.05) is 42.5 Å². The summed E-state index contributed by atoms with van der Waals surface area (Å²) in [5, 5.41) is 1.12. The lowest BCUT2D eigenvalue weighted by Gasteiger charge is -2.43. The Kier molecular flexibility index (Phi) is 6.53. The zero-order chi connectivity index (χ0) is 23.9. The van der Waals surface area contributed by atoms with Crippen molar-refractivity contribution in [3.63, 3.8) is 0 Å². The summed E-state index contributed by atoms with van der Waals surface area (Å²) in [6.07, 6.45) is 9.23. The lowest BCUT2D eigenvalue weighted by Crippen LogP contribution is -2.27. The van der Waals surface area contributed by atoms with Crippen LogP contribution in [0.1, 0.15) is 53.7 Å². The number of aryl methyl sites for hydroxylation is 2. The van der Waals surface area contributed by atoms with Gasteiger partial charge in [-0.25, -0.2) is 9.38 Å². The van der Waals surface area contributed by atoms with Gasteiger partial charge >= 0.3 is 0 Å². The third-order valence-electron chi connectivity index (χ3n) is 6.82. The fourth-order valence-electron chi connectivity index (χ4n) is 4.69. The van der Waals surface area contributed by atoms with E-state index in [-0.39, 0.29) is 11.1 Å². The molecule has 2 aromatic carbocycles. The van der Waals surface area contributed by atoms with Crippen molar-refractivity contribution in [1.29, 1.82) is 0 Å². The molecule has 6 heteroatoms. The predicted octanol–water partition coefficient (Wildman–Crippen LogP) is 7.10. The Morgan fingerprint density at radius 2 is 1.97 bits per heavy atom. The number of allylic oxidation sites excluding steroid dienone is 1. The molecule has 0 saturated heterocycles. The Morgan fingerprint density at radius 3 is 2.58 bits per heavy atom. The molecule has 0 radical (unpaired) electrons. The van der Waals surface area contributed by atoms with Crippen LogP contribution in [0.5, 0.6) is 5.75 Å². The number of hydrogen-bond acceptors (Lipinski definition) is 3. The molecule has 0 bridgehead atoms. The molecule has 1 aliphatic carbocycles. The second kappa shape index (κ2) is 9.08. The fourth-order valence-corrected chi connectivity index (χ4v) is 8.76. The van der Waals surface area contributed by atoms with Crippen molar-refractivity contribution >= 4 is 32.5 Å². The number of ether oxygens (including phenoxy) is 1. The SMILES string of the molecule is C#CCS1([C@@H](CC2CC2)c2ccc(C)c(F)c2)C(N)=NC(c2cc(C)c(OC)cc2Cl)=C1C. The average molecular weight is 485 g/mol. The van der Waals surface area contributed by atoms with E-state index in [1.165, 1.54) is 12.8 Å². The van der Waals surface area contributed by atoms with Gasteiger partial charge in [0.15, 0.2) is 0 Å². The van der Waals surface area contributed by atoms with Gasteiger partial charge in [-0.05, 0) is 72.9 Å². The molecule has 2 N–H and O–H groups in total. The minimum atomic E-state index is -1.88. The number of benzene rings is 2. The molecule has 1 saturated carbocycles. The summed E-state index contributed by atoms with van der Waals surface area (Å²) in [6.45, 7) is 5.83. The normalized spacial score (nSPS) is 23.0. The van der Waals surface area contributed by atoms with Crippen LogP contribution in [0, 0.1) is 37.9 Å². The van der Waals surface area contributed by atoms with Gasteiger partial charge < -0.3 is 10.5 Å². The molecule has 4 rings (SSSR count). The zero-order valence-corrected chi connectivity index (χ0v) is 21.1. The first-order chi connectivity index (χ1) is 15.7. The van der Waals surface area contributed by atoms with Gasteiger partial charge in [-0.2, -0.15) is 0 Å². The Labute approximate surface area is 202 Å². The summed E-state index contributed by atoms with van der Waals surface area (Å²) in [5.41, 5.74) is 10.9. The molecule has 3 nitrogen and oxygen atoms in total. The standard InChI is InChI=1S/C27H30ClFN2OS/c1-6-11-33(25(13-19-8-9-19)20-10-7-16(2)23(29)14-20)18(4)26(31-27(33)30)21-12-17(3)24(32-5)15-22(21)28/h1,7,10,12,14-15,19,25H,8-9,11,13H2,2-5H3,(H2,30,31)/t25-/m0/s1. The third-order valence-corrected chi connectivity index (χ3v) is 11.3. The first kappa shape index (κ1) is 23.7. The number of amidine groups is 1. The molecule has 1 fully saturated rings. The van der Waals surface area contributed by atoms with Gasteiger partial charge in [0, 0.05) is 16.6 Å². The summed E-state index contributed by atoms with van der Waals surface area (Å²) in [7, 11) is -0.250. The monoisotopic (exact) mass is 484 g/mol. The van der Waals surface area contributed by atoms with Crippen LogP contribution in [0.3, 0.4) is 0 Å². The van der Waals surface area contributed by atoms with Crippen molar-refractivity contribution in [2.45, 2.75) is 45.3 Å². The van der Waals surface area contributed by atoms with Crippen LogP contribution in [-0.2, 0) is 0 Å². The van der Waals surface area contributed by atoms with E-state index in [0.29, 0.717) is 27.4 Å². The highest BCUT2D eigenvalue weighted by molar-refractivity contribution is 8.48. The van der Waals surface area contributed by atoms with Crippen LogP contribution < -0.4 is 10.5 Å². The van der Waals surface area contributed by atoms with E-state index in [1.807, 2.05) is 31.2 Å². The van der Waals surface area contributed by atoms with Crippen LogP contribution in [0.15, 0.2) is 40.2 Å². The van der Waals surface area contributed by atoms with E-state index in [9.17, 15) is 4.39 Å². The number of aliphatic imine (C=N–C) groups is 1. The second-order valence-electron chi connectivity index (χ2n) is 8.97. The van der Waals surface area contributed by atoms with Crippen molar-refractivity contribution in [2.75, 3.05) is 12.9 Å². The fraction of sp³-hybridized carbons (Fsp3) is 0.370. The minimum absolute atomic E-state index is 0.00974. The number of halogens is 2. The molecule has 2 atom stereocenters.